The molecule has 3 unspecified atom stereocenters. The van der Waals surface area contributed by atoms with Crippen molar-refractivity contribution in [1.29, 1.82) is 0 Å². The van der Waals surface area contributed by atoms with E-state index in [4.69, 9.17) is 0 Å². The highest BCUT2D eigenvalue weighted by atomic mass is 16.3. The van der Waals surface area contributed by atoms with Crippen LogP contribution < -0.4 is 0 Å². The van der Waals surface area contributed by atoms with Gasteiger partial charge in [-0.2, -0.15) is 0 Å². The van der Waals surface area contributed by atoms with E-state index in [0.29, 0.717) is 12.3 Å². The van der Waals surface area contributed by atoms with Crippen LogP contribution in [-0.2, 0) is 0 Å². The Morgan fingerprint density at radius 3 is 2.33 bits per heavy atom. The third-order valence-corrected chi connectivity index (χ3v) is 2.71. The van der Waals surface area contributed by atoms with Crippen LogP contribution in [0.4, 0.5) is 0 Å². The van der Waals surface area contributed by atoms with Crippen LogP contribution in [0, 0.1) is 5.92 Å². The van der Waals surface area contributed by atoms with Crippen LogP contribution in [0.5, 0.6) is 0 Å². The fourth-order valence-corrected chi connectivity index (χ4v) is 2.05. The number of likely N-dealkylation sites (N-methyl/N-ethyl adjacent to an activating group) is 1. The molecule has 0 spiro atoms. The molecule has 1 fully saturated rings. The number of aliphatic hydroxyl groups is 2. The monoisotopic (exact) mass is 173 g/mol. The molecule has 0 aliphatic carbocycles. The van der Waals surface area contributed by atoms with Gasteiger partial charge in [0.1, 0.15) is 0 Å². The van der Waals surface area contributed by atoms with E-state index in [1.54, 1.807) is 0 Å². The van der Waals surface area contributed by atoms with Crippen molar-refractivity contribution in [3.63, 3.8) is 0 Å². The number of hydrogen-bond acceptors (Lipinski definition) is 3. The van der Waals surface area contributed by atoms with Crippen LogP contribution in [0.3, 0.4) is 0 Å². The van der Waals surface area contributed by atoms with Crippen LogP contribution in [-0.4, -0.2) is 47.0 Å². The van der Waals surface area contributed by atoms with Crippen molar-refractivity contribution in [2.45, 2.75) is 38.5 Å². The summed E-state index contributed by atoms with van der Waals surface area (Å²) in [6, 6.07) is 0.105. The zero-order valence-corrected chi connectivity index (χ0v) is 8.07. The Hall–Kier alpha value is -0.120. The lowest BCUT2D eigenvalue weighted by Gasteiger charge is -2.41. The van der Waals surface area contributed by atoms with Crippen molar-refractivity contribution >= 4 is 0 Å². The number of aliphatic hydroxyl groups excluding tert-OH is 2. The van der Waals surface area contributed by atoms with Crippen molar-refractivity contribution < 1.29 is 10.2 Å². The molecule has 1 rings (SSSR count). The second-order valence-corrected chi connectivity index (χ2v) is 4.06. The van der Waals surface area contributed by atoms with E-state index in [2.05, 4.69) is 18.7 Å². The minimum absolute atomic E-state index is 0.105. The first-order valence-electron chi connectivity index (χ1n) is 4.60. The molecule has 0 aromatic heterocycles. The van der Waals surface area contributed by atoms with Gasteiger partial charge >= 0.3 is 0 Å². The van der Waals surface area contributed by atoms with E-state index in [-0.39, 0.29) is 6.04 Å². The number of nitrogens with zero attached hydrogens (tertiary/aromatic N) is 1. The lowest BCUT2D eigenvalue weighted by molar-refractivity contribution is -0.0814. The van der Waals surface area contributed by atoms with Crippen LogP contribution in [0.25, 0.3) is 0 Å². The van der Waals surface area contributed by atoms with Gasteiger partial charge in [-0.15, -0.1) is 0 Å². The number of hydrogen-bond donors (Lipinski definition) is 2. The lowest BCUT2D eigenvalue weighted by Crippen LogP contribution is -2.55. The number of piperidine rings is 1. The summed E-state index contributed by atoms with van der Waals surface area (Å²) >= 11 is 0. The molecule has 0 bridgehead atoms. The van der Waals surface area contributed by atoms with Gasteiger partial charge in [0.05, 0.1) is 12.2 Å². The highest BCUT2D eigenvalue weighted by Crippen LogP contribution is 2.22. The van der Waals surface area contributed by atoms with Crippen LogP contribution in [0.2, 0.25) is 0 Å². The quantitative estimate of drug-likeness (QED) is 0.589. The van der Waals surface area contributed by atoms with Gasteiger partial charge in [-0.25, -0.2) is 0 Å². The van der Waals surface area contributed by atoms with Gasteiger partial charge in [0, 0.05) is 12.6 Å². The standard InChI is InChI=1S/C9H19NO2/c1-6(2)8-9(12)7(11)4-5-10(8)3/h6-9,11-12H,4-5H2,1-3H3. The zero-order chi connectivity index (χ0) is 9.30. The van der Waals surface area contributed by atoms with Crippen molar-refractivity contribution in [3.8, 4) is 0 Å². The van der Waals surface area contributed by atoms with E-state index in [1.165, 1.54) is 0 Å². The Balaban J connectivity index is 2.65. The highest BCUT2D eigenvalue weighted by Gasteiger charge is 2.35. The third-order valence-electron chi connectivity index (χ3n) is 2.71. The molecule has 2 N–H and O–H groups in total. The van der Waals surface area contributed by atoms with E-state index >= 15 is 0 Å². The van der Waals surface area contributed by atoms with Gasteiger partial charge in [-0.3, -0.25) is 0 Å². The first kappa shape index (κ1) is 9.96. The van der Waals surface area contributed by atoms with Gasteiger partial charge in [0.15, 0.2) is 0 Å². The third kappa shape index (κ3) is 1.79. The van der Waals surface area contributed by atoms with Gasteiger partial charge in [-0.1, -0.05) is 13.8 Å². The van der Waals surface area contributed by atoms with Crippen molar-refractivity contribution in [2.24, 2.45) is 5.92 Å². The molecule has 3 heteroatoms. The largest absolute Gasteiger partial charge is 0.390 e. The number of likely N-dealkylation sites (tertiary alicyclic amines) is 1. The first-order chi connectivity index (χ1) is 5.54. The molecule has 3 nitrogen and oxygen atoms in total. The van der Waals surface area contributed by atoms with Crippen LogP contribution in [0.15, 0.2) is 0 Å². The predicted octanol–water partition coefficient (Wildman–Crippen LogP) is 0.0683. The Kier molecular flexibility index (Phi) is 3.09. The van der Waals surface area contributed by atoms with Crippen molar-refractivity contribution in [2.75, 3.05) is 13.6 Å². The first-order valence-corrected chi connectivity index (χ1v) is 4.60. The van der Waals surface area contributed by atoms with Crippen LogP contribution >= 0.6 is 0 Å². The Morgan fingerprint density at radius 1 is 1.33 bits per heavy atom. The fourth-order valence-electron chi connectivity index (χ4n) is 2.05. The fraction of sp³-hybridized carbons (Fsp3) is 1.00. The molecule has 1 heterocycles. The second-order valence-electron chi connectivity index (χ2n) is 4.06. The Morgan fingerprint density at radius 2 is 1.92 bits per heavy atom. The van der Waals surface area contributed by atoms with Crippen LogP contribution in [0.1, 0.15) is 20.3 Å². The second kappa shape index (κ2) is 3.73. The molecular formula is C9H19NO2. The highest BCUT2D eigenvalue weighted by molar-refractivity contribution is 4.89. The summed E-state index contributed by atoms with van der Waals surface area (Å²) in [5.41, 5.74) is 0. The van der Waals surface area contributed by atoms with Gasteiger partial charge in [-0.05, 0) is 19.4 Å². The molecule has 3 atom stereocenters. The molecule has 0 aromatic carbocycles. The predicted molar refractivity (Wildman–Crippen MR) is 47.9 cm³/mol. The summed E-state index contributed by atoms with van der Waals surface area (Å²) in [6.45, 7) is 5.02. The normalized spacial score (nSPS) is 39.0. The molecule has 0 saturated carbocycles. The summed E-state index contributed by atoms with van der Waals surface area (Å²) in [6.07, 6.45) is -0.432. The molecule has 72 valence electrons. The van der Waals surface area contributed by atoms with Gasteiger partial charge in [0.25, 0.3) is 0 Å². The van der Waals surface area contributed by atoms with Gasteiger partial charge < -0.3 is 15.1 Å². The average molecular weight is 173 g/mol. The van der Waals surface area contributed by atoms with Crippen molar-refractivity contribution in [1.82, 2.24) is 4.90 Å². The smallest absolute Gasteiger partial charge is 0.0956 e. The number of rotatable bonds is 1. The lowest BCUT2D eigenvalue weighted by atomic mass is 9.89. The summed E-state index contributed by atoms with van der Waals surface area (Å²) in [7, 11) is 2.00. The molecule has 1 aliphatic heterocycles. The summed E-state index contributed by atoms with van der Waals surface area (Å²) in [5.74, 6) is 0.389. The molecule has 0 radical (unpaired) electrons. The maximum Gasteiger partial charge on any atom is 0.0956 e. The topological polar surface area (TPSA) is 43.7 Å². The molecular weight excluding hydrogens is 154 g/mol. The van der Waals surface area contributed by atoms with Gasteiger partial charge in [0.2, 0.25) is 0 Å². The molecule has 12 heavy (non-hydrogen) atoms. The maximum absolute atomic E-state index is 9.69. The molecule has 0 aromatic rings. The minimum atomic E-state index is -0.580. The van der Waals surface area contributed by atoms with E-state index in [9.17, 15) is 10.2 Å². The SMILES string of the molecule is CC(C)C1C(O)C(O)CCN1C. The maximum atomic E-state index is 9.69. The molecule has 1 aliphatic rings. The minimum Gasteiger partial charge on any atom is -0.390 e. The Bertz CT molecular complexity index is 149. The van der Waals surface area contributed by atoms with E-state index < -0.39 is 12.2 Å². The zero-order valence-electron chi connectivity index (χ0n) is 8.07. The van der Waals surface area contributed by atoms with E-state index in [0.717, 1.165) is 6.54 Å². The summed E-state index contributed by atoms with van der Waals surface area (Å²) < 4.78 is 0. The van der Waals surface area contributed by atoms with E-state index in [1.807, 2.05) is 7.05 Å². The average Bonchev–Trinajstić information content (AvgIpc) is 1.97. The summed E-state index contributed by atoms with van der Waals surface area (Å²) in [4.78, 5) is 2.13. The molecule has 1 saturated heterocycles. The Labute approximate surface area is 74.0 Å². The summed E-state index contributed by atoms with van der Waals surface area (Å²) in [5, 5.41) is 19.1. The molecule has 0 amide bonds. The van der Waals surface area contributed by atoms with Crippen molar-refractivity contribution in [3.05, 3.63) is 0 Å².